The van der Waals surface area contributed by atoms with Gasteiger partial charge in [0.05, 0.1) is 5.56 Å². The van der Waals surface area contributed by atoms with E-state index in [1.165, 1.54) is 12.1 Å². The third kappa shape index (κ3) is 3.18. The van der Waals surface area contributed by atoms with Gasteiger partial charge in [-0.3, -0.25) is 0 Å². The quantitative estimate of drug-likeness (QED) is 0.706. The van der Waals surface area contributed by atoms with E-state index in [1.807, 2.05) is 24.3 Å². The molecule has 0 spiro atoms. The van der Waals surface area contributed by atoms with Gasteiger partial charge in [0.15, 0.2) is 0 Å². The van der Waals surface area contributed by atoms with Crippen LogP contribution in [-0.2, 0) is 12.6 Å². The molecular weight excluding hydrogens is 263 g/mol. The molecule has 1 nitrogen and oxygen atoms in total. The number of halogens is 3. The number of hydrogen-bond acceptors (Lipinski definition) is 0. The molecule has 0 radical (unpaired) electrons. The standard InChI is InChI=1S/C16H12F3N/c1-20-11-10-12-4-2-3-5-15(12)13-6-8-14(9-7-13)16(17,18)19/h2-9H,10-11H2. The van der Waals surface area contributed by atoms with Crippen molar-refractivity contribution in [2.24, 2.45) is 0 Å². The predicted molar refractivity (Wildman–Crippen MR) is 72.1 cm³/mol. The second-order valence-corrected chi connectivity index (χ2v) is 4.36. The Bertz CT molecular complexity index is 621. The van der Waals surface area contributed by atoms with Gasteiger partial charge in [-0.25, -0.2) is 6.57 Å². The van der Waals surface area contributed by atoms with Crippen LogP contribution in [-0.4, -0.2) is 6.54 Å². The molecule has 0 aliphatic carbocycles. The van der Waals surface area contributed by atoms with E-state index in [0.29, 0.717) is 13.0 Å². The fourth-order valence-electron chi connectivity index (χ4n) is 2.04. The Morgan fingerprint density at radius 3 is 2.20 bits per heavy atom. The molecule has 0 N–H and O–H groups in total. The Hall–Kier alpha value is -2.28. The fourth-order valence-corrected chi connectivity index (χ4v) is 2.04. The zero-order valence-corrected chi connectivity index (χ0v) is 10.6. The van der Waals surface area contributed by atoms with Crippen molar-refractivity contribution < 1.29 is 13.2 Å². The molecule has 0 saturated heterocycles. The van der Waals surface area contributed by atoms with Crippen LogP contribution in [0, 0.1) is 6.57 Å². The van der Waals surface area contributed by atoms with Crippen LogP contribution in [0.2, 0.25) is 0 Å². The summed E-state index contributed by atoms with van der Waals surface area (Å²) in [4.78, 5) is 3.31. The van der Waals surface area contributed by atoms with Crippen LogP contribution in [0.25, 0.3) is 16.0 Å². The second kappa shape index (κ2) is 5.79. The minimum absolute atomic E-state index is 0.373. The van der Waals surface area contributed by atoms with Crippen LogP contribution in [0.5, 0.6) is 0 Å². The summed E-state index contributed by atoms with van der Waals surface area (Å²) >= 11 is 0. The highest BCUT2D eigenvalue weighted by molar-refractivity contribution is 5.67. The molecule has 20 heavy (non-hydrogen) atoms. The highest BCUT2D eigenvalue weighted by Crippen LogP contribution is 2.31. The summed E-state index contributed by atoms with van der Waals surface area (Å²) in [6.07, 6.45) is -3.72. The Balaban J connectivity index is 2.35. The first-order valence-electron chi connectivity index (χ1n) is 6.11. The van der Waals surface area contributed by atoms with Crippen molar-refractivity contribution in [3.05, 3.63) is 71.1 Å². The maximum Gasteiger partial charge on any atom is 0.416 e. The van der Waals surface area contributed by atoms with E-state index in [2.05, 4.69) is 4.85 Å². The summed E-state index contributed by atoms with van der Waals surface area (Å²) in [6.45, 7) is 7.20. The molecule has 0 aliphatic heterocycles. The van der Waals surface area contributed by atoms with E-state index < -0.39 is 11.7 Å². The SMILES string of the molecule is [C-]#[N+]CCc1ccccc1-c1ccc(C(F)(F)F)cc1. The smallest absolute Gasteiger partial charge is 0.317 e. The normalized spacial score (nSPS) is 11.1. The minimum atomic E-state index is -4.32. The average Bonchev–Trinajstić information content (AvgIpc) is 2.45. The molecule has 0 fully saturated rings. The number of hydrogen-bond donors (Lipinski definition) is 0. The van der Waals surface area contributed by atoms with Crippen molar-refractivity contribution in [1.82, 2.24) is 0 Å². The summed E-state index contributed by atoms with van der Waals surface area (Å²) in [5.41, 5.74) is 1.94. The van der Waals surface area contributed by atoms with Gasteiger partial charge in [-0.2, -0.15) is 13.2 Å². The topological polar surface area (TPSA) is 4.36 Å². The monoisotopic (exact) mass is 275 g/mol. The van der Waals surface area contributed by atoms with E-state index in [9.17, 15) is 13.2 Å². The van der Waals surface area contributed by atoms with Crippen LogP contribution >= 0.6 is 0 Å². The highest BCUT2D eigenvalue weighted by atomic mass is 19.4. The van der Waals surface area contributed by atoms with Crippen molar-refractivity contribution in [3.8, 4) is 11.1 Å². The first kappa shape index (κ1) is 14.1. The summed E-state index contributed by atoms with van der Waals surface area (Å²) < 4.78 is 37.6. The molecule has 2 aromatic carbocycles. The van der Waals surface area contributed by atoms with Gasteiger partial charge in [0.1, 0.15) is 0 Å². The van der Waals surface area contributed by atoms with E-state index in [0.717, 1.165) is 28.8 Å². The van der Waals surface area contributed by atoms with Gasteiger partial charge in [-0.05, 0) is 28.8 Å². The molecule has 102 valence electrons. The lowest BCUT2D eigenvalue weighted by atomic mass is 9.97. The van der Waals surface area contributed by atoms with Gasteiger partial charge in [0.2, 0.25) is 6.54 Å². The maximum atomic E-state index is 12.5. The van der Waals surface area contributed by atoms with Crippen LogP contribution < -0.4 is 0 Å². The Morgan fingerprint density at radius 1 is 0.950 bits per heavy atom. The zero-order valence-electron chi connectivity index (χ0n) is 10.6. The molecule has 0 atom stereocenters. The Kier molecular flexibility index (Phi) is 4.09. The molecule has 0 aromatic heterocycles. The van der Waals surface area contributed by atoms with E-state index >= 15 is 0 Å². The largest absolute Gasteiger partial charge is 0.416 e. The summed E-state index contributed by atoms with van der Waals surface area (Å²) in [5, 5.41) is 0. The highest BCUT2D eigenvalue weighted by Gasteiger charge is 2.30. The molecule has 0 unspecified atom stereocenters. The molecule has 0 bridgehead atoms. The van der Waals surface area contributed by atoms with Gasteiger partial charge in [-0.15, -0.1) is 0 Å². The lowest BCUT2D eigenvalue weighted by Crippen LogP contribution is -2.04. The minimum Gasteiger partial charge on any atom is -0.317 e. The van der Waals surface area contributed by atoms with Crippen molar-refractivity contribution in [2.45, 2.75) is 12.6 Å². The molecule has 0 aliphatic rings. The van der Waals surface area contributed by atoms with E-state index in [4.69, 9.17) is 6.57 Å². The first-order chi connectivity index (χ1) is 9.52. The van der Waals surface area contributed by atoms with Gasteiger partial charge >= 0.3 is 6.18 Å². The lowest BCUT2D eigenvalue weighted by molar-refractivity contribution is -0.137. The van der Waals surface area contributed by atoms with Crippen LogP contribution in [0.15, 0.2) is 48.5 Å². The van der Waals surface area contributed by atoms with Crippen LogP contribution in [0.4, 0.5) is 13.2 Å². The van der Waals surface area contributed by atoms with Gasteiger partial charge in [0, 0.05) is 6.42 Å². The van der Waals surface area contributed by atoms with Crippen molar-refractivity contribution in [2.75, 3.05) is 6.54 Å². The lowest BCUT2D eigenvalue weighted by Gasteiger charge is -2.10. The Labute approximate surface area is 115 Å². The molecular formula is C16H12F3N. The fraction of sp³-hybridized carbons (Fsp3) is 0.188. The molecule has 2 aromatic rings. The molecule has 0 heterocycles. The third-order valence-electron chi connectivity index (χ3n) is 3.03. The van der Waals surface area contributed by atoms with Gasteiger partial charge < -0.3 is 4.85 Å². The second-order valence-electron chi connectivity index (χ2n) is 4.36. The van der Waals surface area contributed by atoms with Crippen molar-refractivity contribution in [3.63, 3.8) is 0 Å². The molecule has 4 heteroatoms. The average molecular weight is 275 g/mol. The Morgan fingerprint density at radius 2 is 1.60 bits per heavy atom. The molecule has 0 amide bonds. The maximum absolute atomic E-state index is 12.5. The number of benzene rings is 2. The summed E-state index contributed by atoms with van der Waals surface area (Å²) in [5.74, 6) is 0. The molecule has 0 saturated carbocycles. The summed E-state index contributed by atoms with van der Waals surface area (Å²) in [7, 11) is 0. The number of alkyl halides is 3. The van der Waals surface area contributed by atoms with E-state index in [1.54, 1.807) is 0 Å². The van der Waals surface area contributed by atoms with Crippen LogP contribution in [0.1, 0.15) is 11.1 Å². The number of nitrogens with zero attached hydrogens (tertiary/aromatic N) is 1. The van der Waals surface area contributed by atoms with Crippen molar-refractivity contribution >= 4 is 0 Å². The van der Waals surface area contributed by atoms with E-state index in [-0.39, 0.29) is 0 Å². The molecule has 2 rings (SSSR count). The number of rotatable bonds is 3. The first-order valence-corrected chi connectivity index (χ1v) is 6.11. The van der Waals surface area contributed by atoms with Crippen LogP contribution in [0.3, 0.4) is 0 Å². The van der Waals surface area contributed by atoms with Gasteiger partial charge in [-0.1, -0.05) is 36.4 Å². The third-order valence-corrected chi connectivity index (χ3v) is 3.03. The summed E-state index contributed by atoms with van der Waals surface area (Å²) in [6, 6.07) is 12.6. The van der Waals surface area contributed by atoms with Crippen molar-refractivity contribution in [1.29, 1.82) is 0 Å². The predicted octanol–water partition coefficient (Wildman–Crippen LogP) is 4.83. The van der Waals surface area contributed by atoms with Gasteiger partial charge in [0.25, 0.3) is 0 Å². The zero-order chi connectivity index (χ0) is 14.6.